The third kappa shape index (κ3) is 3.31. The molecule has 0 bridgehead atoms. The zero-order valence-electron chi connectivity index (χ0n) is 14.4. The van der Waals surface area contributed by atoms with Crippen LogP contribution in [0.25, 0.3) is 0 Å². The lowest BCUT2D eigenvalue weighted by molar-refractivity contribution is -0.125. The number of nitrogens with one attached hydrogen (secondary N) is 1. The molecule has 1 aromatic heterocycles. The molecule has 0 spiro atoms. The van der Waals surface area contributed by atoms with Crippen LogP contribution < -0.4 is 5.32 Å². The Morgan fingerprint density at radius 1 is 1.15 bits per heavy atom. The van der Waals surface area contributed by atoms with Crippen molar-refractivity contribution in [1.29, 1.82) is 0 Å². The van der Waals surface area contributed by atoms with Crippen molar-refractivity contribution in [3.05, 3.63) is 52.9 Å². The molecule has 2 heterocycles. The summed E-state index contributed by atoms with van der Waals surface area (Å²) in [5, 5.41) is 4.74. The minimum Gasteiger partial charge on any atom is -0.354 e. The monoisotopic (exact) mass is 390 g/mol. The molecular weight excluding hydrogens is 368 g/mol. The molecule has 1 aliphatic heterocycles. The molecule has 5 nitrogen and oxygen atoms in total. The van der Waals surface area contributed by atoms with E-state index >= 15 is 0 Å². The number of carbonyl (C=O) groups is 1. The molecule has 1 saturated carbocycles. The lowest BCUT2D eigenvalue weighted by Gasteiger charge is -2.35. The predicted molar refractivity (Wildman–Crippen MR) is 101 cm³/mol. The minimum atomic E-state index is -3.69. The highest BCUT2D eigenvalue weighted by Crippen LogP contribution is 2.31. The Kier molecular flexibility index (Phi) is 4.86. The maximum absolute atomic E-state index is 13.1. The van der Waals surface area contributed by atoms with E-state index in [1.54, 1.807) is 17.5 Å². The van der Waals surface area contributed by atoms with Gasteiger partial charge in [0.1, 0.15) is 10.3 Å². The second kappa shape index (κ2) is 7.13. The fraction of sp³-hybridized carbons (Fsp3) is 0.421. The average Bonchev–Trinajstić information content (AvgIpc) is 3.14. The molecule has 2 aliphatic rings. The Morgan fingerprint density at radius 3 is 2.58 bits per heavy atom. The molecular formula is C19H22N2O3S2. The molecule has 4 rings (SSSR count). The van der Waals surface area contributed by atoms with Crippen molar-refractivity contribution in [2.75, 3.05) is 6.54 Å². The van der Waals surface area contributed by atoms with Crippen molar-refractivity contribution in [2.45, 2.75) is 42.5 Å². The number of amides is 1. The van der Waals surface area contributed by atoms with Crippen molar-refractivity contribution in [2.24, 2.45) is 5.92 Å². The standard InChI is InChI=1S/C19H22N2O3S2/c22-19(20-12-14-5-3-6-14)17-11-15-7-1-2-8-16(15)13-21(17)26(23,24)18-9-4-10-25-18/h1-2,4,7-10,14,17H,3,5-6,11-13H2,(H,20,22)/t17-/m0/s1. The van der Waals surface area contributed by atoms with E-state index < -0.39 is 16.1 Å². The van der Waals surface area contributed by atoms with Gasteiger partial charge in [-0.1, -0.05) is 36.8 Å². The molecule has 1 aromatic carbocycles. The van der Waals surface area contributed by atoms with Crippen LogP contribution in [-0.2, 0) is 27.8 Å². The first-order valence-electron chi connectivity index (χ1n) is 8.95. The smallest absolute Gasteiger partial charge is 0.253 e. The SMILES string of the molecule is O=C(NCC1CCC1)[C@@H]1Cc2ccccc2CN1S(=O)(=O)c1cccs1. The van der Waals surface area contributed by atoms with E-state index in [0.29, 0.717) is 18.9 Å². The molecule has 1 amide bonds. The number of fused-ring (bicyclic) bond motifs is 1. The normalized spacial score (nSPS) is 21.0. The van der Waals surface area contributed by atoms with Gasteiger partial charge in [0.15, 0.2) is 0 Å². The highest BCUT2D eigenvalue weighted by atomic mass is 32.2. The molecule has 1 N–H and O–H groups in total. The van der Waals surface area contributed by atoms with Crippen LogP contribution in [0.1, 0.15) is 30.4 Å². The fourth-order valence-electron chi connectivity index (χ4n) is 3.56. The Labute approximate surface area is 158 Å². The molecule has 1 fully saturated rings. The summed E-state index contributed by atoms with van der Waals surface area (Å²) in [5.74, 6) is 0.351. The molecule has 0 radical (unpaired) electrons. The second-order valence-electron chi connectivity index (χ2n) is 7.01. The summed E-state index contributed by atoms with van der Waals surface area (Å²) in [6.07, 6.45) is 3.92. The number of nitrogens with zero attached hydrogens (tertiary/aromatic N) is 1. The average molecular weight is 391 g/mol. The molecule has 1 atom stereocenters. The van der Waals surface area contributed by atoms with E-state index in [0.717, 1.165) is 24.0 Å². The molecule has 26 heavy (non-hydrogen) atoms. The lowest BCUT2D eigenvalue weighted by Crippen LogP contribution is -2.53. The Bertz CT molecular complexity index is 889. The first-order valence-corrected chi connectivity index (χ1v) is 11.3. The summed E-state index contributed by atoms with van der Waals surface area (Å²) in [6, 6.07) is 10.4. The fourth-order valence-corrected chi connectivity index (χ4v) is 6.25. The summed E-state index contributed by atoms with van der Waals surface area (Å²) < 4.78 is 27.9. The Morgan fingerprint density at radius 2 is 1.92 bits per heavy atom. The highest BCUT2D eigenvalue weighted by Gasteiger charge is 2.40. The van der Waals surface area contributed by atoms with E-state index in [-0.39, 0.29) is 16.7 Å². The Balaban J connectivity index is 1.63. The van der Waals surface area contributed by atoms with Crippen LogP contribution in [0.3, 0.4) is 0 Å². The number of hydrogen-bond acceptors (Lipinski definition) is 4. The third-order valence-electron chi connectivity index (χ3n) is 5.36. The Hall–Kier alpha value is -1.70. The maximum Gasteiger partial charge on any atom is 0.253 e. The first kappa shape index (κ1) is 17.7. The van der Waals surface area contributed by atoms with Crippen molar-refractivity contribution in [3.63, 3.8) is 0 Å². The molecule has 7 heteroatoms. The van der Waals surface area contributed by atoms with Gasteiger partial charge in [0, 0.05) is 13.1 Å². The maximum atomic E-state index is 13.1. The first-order chi connectivity index (χ1) is 12.6. The molecule has 2 aromatic rings. The summed E-state index contributed by atoms with van der Waals surface area (Å²) in [5.41, 5.74) is 2.02. The van der Waals surface area contributed by atoms with Crippen LogP contribution in [-0.4, -0.2) is 31.2 Å². The zero-order valence-corrected chi connectivity index (χ0v) is 16.1. The summed E-state index contributed by atoms with van der Waals surface area (Å²) in [4.78, 5) is 12.9. The molecule has 1 aliphatic carbocycles. The van der Waals surface area contributed by atoms with Crippen LogP contribution in [0.5, 0.6) is 0 Å². The van der Waals surface area contributed by atoms with E-state index in [9.17, 15) is 13.2 Å². The molecule has 138 valence electrons. The van der Waals surface area contributed by atoms with Gasteiger partial charge in [-0.05, 0) is 47.8 Å². The van der Waals surface area contributed by atoms with E-state index in [4.69, 9.17) is 0 Å². The predicted octanol–water partition coefficient (Wildman–Crippen LogP) is 2.78. The number of thiophene rings is 1. The van der Waals surface area contributed by atoms with Crippen LogP contribution in [0.15, 0.2) is 46.0 Å². The van der Waals surface area contributed by atoms with E-state index in [1.807, 2.05) is 24.3 Å². The highest BCUT2D eigenvalue weighted by molar-refractivity contribution is 7.91. The number of rotatable bonds is 5. The van der Waals surface area contributed by atoms with Crippen molar-refractivity contribution in [1.82, 2.24) is 9.62 Å². The topological polar surface area (TPSA) is 66.5 Å². The van der Waals surface area contributed by atoms with E-state index in [2.05, 4.69) is 5.32 Å². The molecule has 0 saturated heterocycles. The summed E-state index contributed by atoms with van der Waals surface area (Å²) >= 11 is 1.19. The largest absolute Gasteiger partial charge is 0.354 e. The zero-order chi connectivity index (χ0) is 18.1. The van der Waals surface area contributed by atoms with Crippen molar-refractivity contribution in [3.8, 4) is 0 Å². The van der Waals surface area contributed by atoms with Gasteiger partial charge in [-0.3, -0.25) is 4.79 Å². The van der Waals surface area contributed by atoms with Gasteiger partial charge in [0.05, 0.1) is 0 Å². The van der Waals surface area contributed by atoms with Gasteiger partial charge in [-0.2, -0.15) is 4.31 Å². The van der Waals surface area contributed by atoms with Crippen molar-refractivity contribution >= 4 is 27.3 Å². The third-order valence-corrected chi connectivity index (χ3v) is 8.58. The van der Waals surface area contributed by atoms with Gasteiger partial charge in [-0.25, -0.2) is 8.42 Å². The van der Waals surface area contributed by atoms with Crippen LogP contribution >= 0.6 is 11.3 Å². The number of benzene rings is 1. The minimum absolute atomic E-state index is 0.188. The number of hydrogen-bond donors (Lipinski definition) is 1. The van der Waals surface area contributed by atoms with Crippen LogP contribution in [0.4, 0.5) is 0 Å². The number of sulfonamides is 1. The van der Waals surface area contributed by atoms with Gasteiger partial charge in [0.25, 0.3) is 10.0 Å². The van der Waals surface area contributed by atoms with Gasteiger partial charge >= 0.3 is 0 Å². The summed E-state index contributed by atoms with van der Waals surface area (Å²) in [7, 11) is -3.69. The number of carbonyl (C=O) groups excluding carboxylic acids is 1. The lowest BCUT2D eigenvalue weighted by atomic mass is 9.85. The molecule has 0 unspecified atom stereocenters. The van der Waals surface area contributed by atoms with Crippen molar-refractivity contribution < 1.29 is 13.2 Å². The van der Waals surface area contributed by atoms with Gasteiger partial charge in [0.2, 0.25) is 5.91 Å². The second-order valence-corrected chi connectivity index (χ2v) is 10.1. The van der Waals surface area contributed by atoms with Crippen LogP contribution in [0, 0.1) is 5.92 Å². The van der Waals surface area contributed by atoms with Gasteiger partial charge in [-0.15, -0.1) is 11.3 Å². The van der Waals surface area contributed by atoms with E-state index in [1.165, 1.54) is 22.1 Å². The van der Waals surface area contributed by atoms with Crippen LogP contribution in [0.2, 0.25) is 0 Å². The quantitative estimate of drug-likeness (QED) is 0.854. The van der Waals surface area contributed by atoms with Gasteiger partial charge < -0.3 is 5.32 Å². The summed E-state index contributed by atoms with van der Waals surface area (Å²) in [6.45, 7) is 0.877.